The van der Waals surface area contributed by atoms with Crippen molar-refractivity contribution in [3.8, 4) is 0 Å². The van der Waals surface area contributed by atoms with E-state index in [9.17, 15) is 0 Å². The van der Waals surface area contributed by atoms with Crippen LogP contribution in [0.5, 0.6) is 0 Å². The van der Waals surface area contributed by atoms with E-state index in [2.05, 4.69) is 153 Å². The van der Waals surface area contributed by atoms with Crippen LogP contribution in [0.3, 0.4) is 0 Å². The largest absolute Gasteiger partial charge is 0.265 e. The summed E-state index contributed by atoms with van der Waals surface area (Å²) in [4.78, 5) is 0. The van der Waals surface area contributed by atoms with Crippen LogP contribution in [0.2, 0.25) is 0 Å². The summed E-state index contributed by atoms with van der Waals surface area (Å²) in [5.41, 5.74) is 1.49. The highest BCUT2D eigenvalue weighted by molar-refractivity contribution is 14.4. The molecule has 0 N–H and O–H groups in total. The summed E-state index contributed by atoms with van der Waals surface area (Å²) in [6.07, 6.45) is 0. The standard InChI is InChI=1S/C9H11I5Si2/c1-9(2,8-6-4-3-5-7-8)15(10,11)16(12,13)14/h3-7H,1-2H3. The zero-order chi connectivity index (χ0) is 12.6. The second-order valence-electron chi connectivity index (χ2n) is 4.06. The fraction of sp³-hybridized carbons (Fsp3) is 0.333. The lowest BCUT2D eigenvalue weighted by Gasteiger charge is -2.40. The molecule has 0 aromatic heterocycles. The average Bonchev–Trinajstić information content (AvgIpc) is 2.17. The Morgan fingerprint density at radius 2 is 1.31 bits per heavy atom. The molecule has 7 heteroatoms. The maximum Gasteiger partial charge on any atom is 0.265 e. The van der Waals surface area contributed by atoms with Crippen molar-refractivity contribution >= 4 is 112 Å². The molecule has 0 atom stereocenters. The van der Waals surface area contributed by atoms with Crippen molar-refractivity contribution in [1.82, 2.24) is 0 Å². The van der Waals surface area contributed by atoms with Crippen molar-refractivity contribution in [3.05, 3.63) is 35.9 Å². The molecule has 1 aromatic carbocycles. The van der Waals surface area contributed by atoms with Crippen LogP contribution in [0.25, 0.3) is 0 Å². The Kier molecular flexibility index (Phi) is 6.92. The Labute approximate surface area is 163 Å². The lowest BCUT2D eigenvalue weighted by Crippen LogP contribution is -2.55. The van der Waals surface area contributed by atoms with Crippen LogP contribution >= 0.6 is 109 Å². The van der Waals surface area contributed by atoms with Gasteiger partial charge >= 0.3 is 0 Å². The molecule has 0 bridgehead atoms. The van der Waals surface area contributed by atoms with Gasteiger partial charge in [-0.15, -0.1) is 43.6 Å². The predicted molar refractivity (Wildman–Crippen MR) is 121 cm³/mol. The molecule has 0 saturated heterocycles. The first-order valence-corrected chi connectivity index (χ1v) is 25.2. The van der Waals surface area contributed by atoms with E-state index >= 15 is 0 Å². The fourth-order valence-corrected chi connectivity index (χ4v) is 25.3. The first-order chi connectivity index (χ1) is 7.11. The Balaban J connectivity index is 3.22. The molecular formula is C9H11I5Si2. The monoisotopic (exact) mass is 810 g/mol. The number of rotatable bonds is 3. The highest BCUT2D eigenvalue weighted by atomic mass is 127. The molecule has 0 saturated carbocycles. The zero-order valence-corrected chi connectivity index (χ0v) is 21.6. The lowest BCUT2D eigenvalue weighted by atomic mass is 10.0. The van der Waals surface area contributed by atoms with Crippen molar-refractivity contribution in [2.75, 3.05) is 0 Å². The van der Waals surface area contributed by atoms with Crippen molar-refractivity contribution < 1.29 is 0 Å². The molecule has 90 valence electrons. The summed E-state index contributed by atoms with van der Waals surface area (Å²) in [7, 11) is 0. The van der Waals surface area contributed by atoms with E-state index < -0.39 is 2.67 Å². The van der Waals surface area contributed by atoms with Gasteiger partial charge in [-0.1, -0.05) is 110 Å². The van der Waals surface area contributed by atoms with Crippen LogP contribution in [0, 0.1) is 0 Å². The first-order valence-electron chi connectivity index (χ1n) is 4.61. The SMILES string of the molecule is CC(C)(c1ccccc1)[Si](I)(I)[Si](I)(I)I. The van der Waals surface area contributed by atoms with Gasteiger partial charge in [-0.2, -0.15) is 0 Å². The Hall–Kier alpha value is 3.30. The lowest BCUT2D eigenvalue weighted by molar-refractivity contribution is 0.756. The van der Waals surface area contributed by atoms with Crippen molar-refractivity contribution in [3.63, 3.8) is 0 Å². The number of benzene rings is 1. The third kappa shape index (κ3) is 3.69. The number of hydrogen-bond acceptors (Lipinski definition) is 0. The van der Waals surface area contributed by atoms with Gasteiger partial charge in [0.05, 0.1) is 0 Å². The molecular weight excluding hydrogens is 799 g/mol. The maximum absolute atomic E-state index is 2.79. The first kappa shape index (κ1) is 17.4. The van der Waals surface area contributed by atoms with Gasteiger partial charge in [-0.05, 0) is 5.56 Å². The van der Waals surface area contributed by atoms with Gasteiger partial charge in [0.1, 0.15) is 0 Å². The average molecular weight is 810 g/mol. The van der Waals surface area contributed by atoms with Crippen molar-refractivity contribution in [1.29, 1.82) is 0 Å². The molecule has 1 aromatic rings. The highest BCUT2D eigenvalue weighted by Gasteiger charge is 2.58. The fourth-order valence-electron chi connectivity index (χ4n) is 1.39. The molecule has 0 spiro atoms. The Morgan fingerprint density at radius 1 is 0.875 bits per heavy atom. The van der Waals surface area contributed by atoms with Crippen LogP contribution in [-0.2, 0) is 5.04 Å². The van der Waals surface area contributed by atoms with E-state index in [1.165, 1.54) is 5.56 Å². The van der Waals surface area contributed by atoms with Crippen molar-refractivity contribution in [2.45, 2.75) is 18.9 Å². The smallest absolute Gasteiger partial charge is 0.104 e. The summed E-state index contributed by atoms with van der Waals surface area (Å²) in [5.74, 6) is 0. The van der Waals surface area contributed by atoms with Gasteiger partial charge in [0.2, 0.25) is 2.58 Å². The second-order valence-corrected chi connectivity index (χ2v) is 76.3. The zero-order valence-electron chi connectivity index (χ0n) is 8.78. The normalized spacial score (nSPS) is 13.9. The summed E-state index contributed by atoms with van der Waals surface area (Å²) in [6, 6.07) is 11.0. The van der Waals surface area contributed by atoms with Crippen LogP contribution in [0.15, 0.2) is 30.3 Å². The van der Waals surface area contributed by atoms with Crippen LogP contribution < -0.4 is 0 Å². The van der Waals surface area contributed by atoms with Gasteiger partial charge in [0.25, 0.3) is 0.0813 Å². The van der Waals surface area contributed by atoms with E-state index in [0.29, 0.717) is 5.04 Å². The van der Waals surface area contributed by atoms with E-state index in [0.717, 1.165) is 0 Å². The van der Waals surface area contributed by atoms with Gasteiger partial charge in [0, 0.05) is 5.04 Å². The molecule has 0 aliphatic rings. The maximum atomic E-state index is 2.79. The molecule has 0 nitrogen and oxygen atoms in total. The van der Waals surface area contributed by atoms with Gasteiger partial charge < -0.3 is 0 Å². The van der Waals surface area contributed by atoms with E-state index in [1.54, 1.807) is 0 Å². The van der Waals surface area contributed by atoms with Gasteiger partial charge in [-0.3, -0.25) is 0 Å². The highest BCUT2D eigenvalue weighted by Crippen LogP contribution is 2.55. The van der Waals surface area contributed by atoms with Crippen LogP contribution in [0.1, 0.15) is 19.4 Å². The van der Waals surface area contributed by atoms with Crippen molar-refractivity contribution in [2.24, 2.45) is 0 Å². The Bertz CT molecular complexity index is 358. The molecule has 0 radical (unpaired) electrons. The minimum absolute atomic E-state index is 0.325. The topological polar surface area (TPSA) is 0 Å². The summed E-state index contributed by atoms with van der Waals surface area (Å²) in [5, 5.41) is 0.325. The summed E-state index contributed by atoms with van der Waals surface area (Å²) >= 11 is 13.8. The van der Waals surface area contributed by atoms with Gasteiger partial charge in [0.15, 0.2) is 0 Å². The summed E-state index contributed by atoms with van der Waals surface area (Å²) in [6.45, 7) is 4.84. The molecule has 0 aliphatic heterocycles. The van der Waals surface area contributed by atoms with Crippen LogP contribution in [0.4, 0.5) is 0 Å². The molecule has 0 amide bonds. The predicted octanol–water partition coefficient (Wildman–Crippen LogP) is 6.14. The minimum Gasteiger partial charge on any atom is -0.104 e. The third-order valence-corrected chi connectivity index (χ3v) is 109. The minimum atomic E-state index is -1.33. The quantitative estimate of drug-likeness (QED) is 0.196. The molecule has 0 heterocycles. The molecule has 1 rings (SSSR count). The molecule has 0 aliphatic carbocycles. The van der Waals surface area contributed by atoms with Gasteiger partial charge in [-0.25, -0.2) is 0 Å². The van der Waals surface area contributed by atoms with Crippen LogP contribution in [-0.4, -0.2) is 2.67 Å². The molecule has 0 unspecified atom stereocenters. The Morgan fingerprint density at radius 3 is 1.69 bits per heavy atom. The van der Waals surface area contributed by atoms with E-state index in [1.807, 2.05) is 0 Å². The number of halogens is 5. The van der Waals surface area contributed by atoms with E-state index in [-0.39, 0.29) is 0 Å². The molecule has 16 heavy (non-hydrogen) atoms. The summed E-state index contributed by atoms with van der Waals surface area (Å²) < 4.78 is -2.52. The molecule has 0 fully saturated rings. The van der Waals surface area contributed by atoms with E-state index in [4.69, 9.17) is 0 Å². The second kappa shape index (κ2) is 6.38. The third-order valence-electron chi connectivity index (χ3n) is 2.64. The number of hydrogen-bond donors (Lipinski definition) is 0.